The minimum atomic E-state index is -0.678. The third-order valence-electron chi connectivity index (χ3n) is 9.25. The lowest BCUT2D eigenvalue weighted by Gasteiger charge is -2.39. The van der Waals surface area contributed by atoms with Crippen LogP contribution in [-0.2, 0) is 9.59 Å². The molecule has 0 aliphatic heterocycles. The third kappa shape index (κ3) is 17.5. The molecule has 0 bridgehead atoms. The summed E-state index contributed by atoms with van der Waals surface area (Å²) >= 11 is 0. The number of hydrogen-bond donors (Lipinski definition) is 2. The summed E-state index contributed by atoms with van der Waals surface area (Å²) in [6.45, 7) is 11.1. The Morgan fingerprint density at radius 2 is 1.05 bits per heavy atom. The highest BCUT2D eigenvalue weighted by Crippen LogP contribution is 2.44. The van der Waals surface area contributed by atoms with Gasteiger partial charge in [0.25, 0.3) is 0 Å². The van der Waals surface area contributed by atoms with E-state index in [4.69, 9.17) is 5.11 Å². The fourth-order valence-electron chi connectivity index (χ4n) is 6.31. The van der Waals surface area contributed by atoms with Crippen molar-refractivity contribution in [2.45, 2.75) is 182 Å². The summed E-state index contributed by atoms with van der Waals surface area (Å²) in [6.07, 6.45) is 25.8. The number of carbonyl (C=O) groups is 2. The van der Waals surface area contributed by atoms with Gasteiger partial charge in [-0.3, -0.25) is 9.59 Å². The van der Waals surface area contributed by atoms with Crippen LogP contribution in [0.25, 0.3) is 0 Å². The molecule has 0 amide bonds. The average molecular weight is 539 g/mol. The van der Waals surface area contributed by atoms with Crippen LogP contribution < -0.4 is 0 Å². The van der Waals surface area contributed by atoms with Gasteiger partial charge in [-0.2, -0.15) is 0 Å². The van der Waals surface area contributed by atoms with E-state index in [9.17, 15) is 14.7 Å². The standard InChI is InChI=1S/C34H66O4/c1-6-10-23-29(8-3)27-31(34(5,33(37)38)28-30(9-4)24-11-7-2)25-21-19-17-15-13-12-14-16-18-20-22-26-32(35)36/h29-31H,6-28H2,1-5H3,(H,35,36)(H,37,38). The van der Waals surface area contributed by atoms with Crippen LogP contribution in [0.5, 0.6) is 0 Å². The minimum absolute atomic E-state index is 0.276. The summed E-state index contributed by atoms with van der Waals surface area (Å²) in [5.41, 5.74) is -0.613. The van der Waals surface area contributed by atoms with Crippen molar-refractivity contribution < 1.29 is 19.8 Å². The van der Waals surface area contributed by atoms with E-state index < -0.39 is 17.4 Å². The molecule has 0 aromatic carbocycles. The van der Waals surface area contributed by atoms with Crippen molar-refractivity contribution in [3.05, 3.63) is 0 Å². The van der Waals surface area contributed by atoms with E-state index in [0.29, 0.717) is 18.3 Å². The summed E-state index contributed by atoms with van der Waals surface area (Å²) < 4.78 is 0. The SMILES string of the molecule is CCCCC(CC)CC(CCCCCCCCCCCCCC(=O)O)C(C)(CC(CC)CCCC)C(=O)O. The van der Waals surface area contributed by atoms with Gasteiger partial charge in [0.05, 0.1) is 5.41 Å². The first-order chi connectivity index (χ1) is 18.2. The summed E-state index contributed by atoms with van der Waals surface area (Å²) in [4.78, 5) is 23.4. The molecule has 0 saturated carbocycles. The Kier molecular flexibility index (Phi) is 23.1. The van der Waals surface area contributed by atoms with E-state index in [0.717, 1.165) is 57.8 Å². The van der Waals surface area contributed by atoms with Crippen LogP contribution in [0.4, 0.5) is 0 Å². The normalized spacial score (nSPS) is 15.6. The molecule has 226 valence electrons. The molecule has 0 rings (SSSR count). The summed E-state index contributed by atoms with van der Waals surface area (Å²) in [7, 11) is 0. The van der Waals surface area contributed by atoms with E-state index in [2.05, 4.69) is 34.6 Å². The van der Waals surface area contributed by atoms with Crippen molar-refractivity contribution in [3.8, 4) is 0 Å². The molecule has 4 heteroatoms. The molecular formula is C34H66O4. The molecule has 0 spiro atoms. The summed E-state index contributed by atoms with van der Waals surface area (Å²) in [6, 6.07) is 0. The van der Waals surface area contributed by atoms with Crippen molar-refractivity contribution in [1.29, 1.82) is 0 Å². The summed E-state index contributed by atoms with van der Waals surface area (Å²) in [5, 5.41) is 19.2. The highest BCUT2D eigenvalue weighted by molar-refractivity contribution is 5.74. The molecule has 4 nitrogen and oxygen atoms in total. The topological polar surface area (TPSA) is 74.6 Å². The molecular weight excluding hydrogens is 472 g/mol. The molecule has 0 aromatic heterocycles. The van der Waals surface area contributed by atoms with Gasteiger partial charge in [0.1, 0.15) is 0 Å². The third-order valence-corrected chi connectivity index (χ3v) is 9.25. The van der Waals surface area contributed by atoms with Crippen LogP contribution in [0.3, 0.4) is 0 Å². The van der Waals surface area contributed by atoms with Crippen molar-refractivity contribution >= 4 is 11.9 Å². The molecule has 2 N–H and O–H groups in total. The first-order valence-corrected chi connectivity index (χ1v) is 16.7. The predicted octanol–water partition coefficient (Wildman–Crippen LogP) is 11.1. The van der Waals surface area contributed by atoms with Gasteiger partial charge in [-0.1, -0.05) is 143 Å². The fraction of sp³-hybridized carbons (Fsp3) is 0.941. The molecule has 38 heavy (non-hydrogen) atoms. The van der Waals surface area contributed by atoms with Crippen LogP contribution in [0.1, 0.15) is 182 Å². The Morgan fingerprint density at radius 1 is 0.605 bits per heavy atom. The first-order valence-electron chi connectivity index (χ1n) is 16.7. The smallest absolute Gasteiger partial charge is 0.309 e. The van der Waals surface area contributed by atoms with Gasteiger partial charge in [-0.15, -0.1) is 0 Å². The Morgan fingerprint density at radius 3 is 1.47 bits per heavy atom. The lowest BCUT2D eigenvalue weighted by Crippen LogP contribution is -2.39. The highest BCUT2D eigenvalue weighted by atomic mass is 16.4. The molecule has 4 unspecified atom stereocenters. The Bertz CT molecular complexity index is 575. The number of unbranched alkanes of at least 4 members (excludes halogenated alkanes) is 12. The molecule has 0 saturated heterocycles. The van der Waals surface area contributed by atoms with Crippen molar-refractivity contribution in [3.63, 3.8) is 0 Å². The van der Waals surface area contributed by atoms with Crippen LogP contribution >= 0.6 is 0 Å². The highest BCUT2D eigenvalue weighted by Gasteiger charge is 2.42. The van der Waals surface area contributed by atoms with Gasteiger partial charge in [-0.05, 0) is 50.4 Å². The van der Waals surface area contributed by atoms with Gasteiger partial charge in [0.2, 0.25) is 0 Å². The number of hydrogen-bond acceptors (Lipinski definition) is 2. The van der Waals surface area contributed by atoms with Crippen molar-refractivity contribution in [2.24, 2.45) is 23.2 Å². The van der Waals surface area contributed by atoms with Crippen LogP contribution in [0, 0.1) is 23.2 Å². The van der Waals surface area contributed by atoms with E-state index in [1.54, 1.807) is 0 Å². The lowest BCUT2D eigenvalue weighted by molar-refractivity contribution is -0.154. The fourth-order valence-corrected chi connectivity index (χ4v) is 6.31. The first kappa shape index (κ1) is 36.9. The molecule has 0 aliphatic carbocycles. The van der Waals surface area contributed by atoms with Crippen LogP contribution in [0.2, 0.25) is 0 Å². The minimum Gasteiger partial charge on any atom is -0.481 e. The average Bonchev–Trinajstić information content (AvgIpc) is 2.89. The lowest BCUT2D eigenvalue weighted by atomic mass is 9.65. The maximum absolute atomic E-state index is 12.8. The van der Waals surface area contributed by atoms with Gasteiger partial charge >= 0.3 is 11.9 Å². The molecule has 0 aliphatic rings. The molecule has 0 fully saturated rings. The van der Waals surface area contributed by atoms with Crippen LogP contribution in [0.15, 0.2) is 0 Å². The van der Waals surface area contributed by atoms with Crippen LogP contribution in [-0.4, -0.2) is 22.2 Å². The molecule has 0 radical (unpaired) electrons. The Hall–Kier alpha value is -1.06. The zero-order chi connectivity index (χ0) is 28.7. The quantitative estimate of drug-likeness (QED) is 0.0971. The number of aliphatic carboxylic acids is 2. The molecule has 4 atom stereocenters. The second-order valence-corrected chi connectivity index (χ2v) is 12.5. The maximum Gasteiger partial charge on any atom is 0.309 e. The summed E-state index contributed by atoms with van der Waals surface area (Å²) in [5.74, 6) is 0.206. The largest absolute Gasteiger partial charge is 0.481 e. The number of rotatable bonds is 28. The zero-order valence-electron chi connectivity index (χ0n) is 26.2. The second kappa shape index (κ2) is 23.8. The van der Waals surface area contributed by atoms with E-state index >= 15 is 0 Å². The predicted molar refractivity (Wildman–Crippen MR) is 163 cm³/mol. The van der Waals surface area contributed by atoms with Crippen molar-refractivity contribution in [1.82, 2.24) is 0 Å². The van der Waals surface area contributed by atoms with Gasteiger partial charge in [-0.25, -0.2) is 0 Å². The van der Waals surface area contributed by atoms with Gasteiger partial charge < -0.3 is 10.2 Å². The van der Waals surface area contributed by atoms with Crippen molar-refractivity contribution in [2.75, 3.05) is 0 Å². The maximum atomic E-state index is 12.8. The number of carboxylic acids is 2. The molecule has 0 aromatic rings. The Labute approximate surface area is 237 Å². The molecule has 0 heterocycles. The monoisotopic (exact) mass is 538 g/mol. The number of carboxylic acid groups (broad SMARTS) is 2. The van der Waals surface area contributed by atoms with E-state index in [-0.39, 0.29) is 5.92 Å². The van der Waals surface area contributed by atoms with E-state index in [1.807, 2.05) is 0 Å². The Balaban J connectivity index is 4.75. The van der Waals surface area contributed by atoms with Gasteiger partial charge in [0, 0.05) is 6.42 Å². The van der Waals surface area contributed by atoms with Gasteiger partial charge in [0.15, 0.2) is 0 Å². The second-order valence-electron chi connectivity index (χ2n) is 12.5. The zero-order valence-corrected chi connectivity index (χ0v) is 26.2. The van der Waals surface area contributed by atoms with E-state index in [1.165, 1.54) is 83.5 Å².